The minimum atomic E-state index is -3.72. The molecule has 4 rings (SSSR count). The van der Waals surface area contributed by atoms with Gasteiger partial charge in [-0.3, -0.25) is 4.79 Å². The van der Waals surface area contributed by atoms with Crippen molar-refractivity contribution in [3.05, 3.63) is 70.8 Å². The SMILES string of the molecule is C[C@@H]1NC[C@@H](c2ccccc2)S(=O)(=O)C1Cc1cc(F)c([C@H](OC2CCOCC2)C(N)=O)cc1F. The van der Waals surface area contributed by atoms with E-state index in [1.54, 1.807) is 37.3 Å². The van der Waals surface area contributed by atoms with Gasteiger partial charge < -0.3 is 20.5 Å². The van der Waals surface area contributed by atoms with Crippen LogP contribution < -0.4 is 11.1 Å². The number of primary amides is 1. The van der Waals surface area contributed by atoms with Crippen LogP contribution in [0.15, 0.2) is 42.5 Å². The minimum Gasteiger partial charge on any atom is -0.381 e. The van der Waals surface area contributed by atoms with Gasteiger partial charge in [0.15, 0.2) is 15.9 Å². The summed E-state index contributed by atoms with van der Waals surface area (Å²) in [7, 11) is -3.72. The van der Waals surface area contributed by atoms with Gasteiger partial charge in [0.1, 0.15) is 11.6 Å². The molecular formula is C25H30F2N2O5S. The summed E-state index contributed by atoms with van der Waals surface area (Å²) in [5.41, 5.74) is 5.70. The molecule has 190 valence electrons. The Kier molecular flexibility index (Phi) is 7.85. The number of hydrogen-bond acceptors (Lipinski definition) is 6. The van der Waals surface area contributed by atoms with E-state index in [1.807, 2.05) is 0 Å². The molecule has 0 bridgehead atoms. The number of halogens is 2. The summed E-state index contributed by atoms with van der Waals surface area (Å²) in [6.07, 6.45) is -1.01. The third-order valence-corrected chi connectivity index (χ3v) is 9.45. The van der Waals surface area contributed by atoms with E-state index in [0.29, 0.717) is 31.6 Å². The second-order valence-corrected chi connectivity index (χ2v) is 11.5. The largest absolute Gasteiger partial charge is 0.381 e. The molecule has 2 aliphatic rings. The van der Waals surface area contributed by atoms with Crippen molar-refractivity contribution < 1.29 is 31.5 Å². The molecule has 10 heteroatoms. The zero-order valence-corrected chi connectivity index (χ0v) is 20.3. The highest BCUT2D eigenvalue weighted by molar-refractivity contribution is 7.92. The molecule has 1 amide bonds. The molecular weight excluding hydrogens is 478 g/mol. The molecule has 0 radical (unpaired) electrons. The lowest BCUT2D eigenvalue weighted by Crippen LogP contribution is -2.53. The van der Waals surface area contributed by atoms with E-state index in [0.717, 1.165) is 12.1 Å². The van der Waals surface area contributed by atoms with Crippen LogP contribution in [0.4, 0.5) is 8.78 Å². The second kappa shape index (κ2) is 10.7. The average molecular weight is 509 g/mol. The molecule has 2 aromatic carbocycles. The van der Waals surface area contributed by atoms with Gasteiger partial charge in [-0.05, 0) is 49.4 Å². The van der Waals surface area contributed by atoms with Crippen molar-refractivity contribution in [2.24, 2.45) is 5.73 Å². The summed E-state index contributed by atoms with van der Waals surface area (Å²) in [5.74, 6) is -2.61. The molecule has 2 aromatic rings. The Morgan fingerprint density at radius 3 is 2.51 bits per heavy atom. The fourth-order valence-corrected chi connectivity index (χ4v) is 7.14. The first-order chi connectivity index (χ1) is 16.7. The number of nitrogens with one attached hydrogen (secondary N) is 1. The molecule has 0 saturated carbocycles. The first-order valence-corrected chi connectivity index (χ1v) is 13.3. The summed E-state index contributed by atoms with van der Waals surface area (Å²) in [6.45, 7) is 2.84. The van der Waals surface area contributed by atoms with E-state index in [4.69, 9.17) is 15.2 Å². The summed E-state index contributed by atoms with van der Waals surface area (Å²) < 4.78 is 68.2. The Morgan fingerprint density at radius 2 is 1.86 bits per heavy atom. The molecule has 0 aliphatic carbocycles. The van der Waals surface area contributed by atoms with E-state index < -0.39 is 50.0 Å². The standard InChI is InChI=1S/C25H30F2N2O5S/c1-15-22(35(31,32)23(14-29-15)16-5-3-2-4-6-16)12-17-11-21(27)19(13-20(17)26)24(25(28)30)34-18-7-9-33-10-8-18/h2-6,11,13,15,18,22-24,29H,7-10,12,14H2,1H3,(H2,28,30)/t15-,22?,23-,24-/m0/s1. The van der Waals surface area contributed by atoms with Gasteiger partial charge in [0.2, 0.25) is 0 Å². The number of benzene rings is 2. The molecule has 4 atom stereocenters. The second-order valence-electron chi connectivity index (χ2n) is 9.12. The Hall–Kier alpha value is -2.40. The van der Waals surface area contributed by atoms with Crippen molar-refractivity contribution in [3.8, 4) is 0 Å². The van der Waals surface area contributed by atoms with Crippen LogP contribution in [0.25, 0.3) is 0 Å². The molecule has 7 nitrogen and oxygen atoms in total. The molecule has 2 fully saturated rings. The van der Waals surface area contributed by atoms with Gasteiger partial charge in [0.05, 0.1) is 16.6 Å². The van der Waals surface area contributed by atoms with Crippen LogP contribution in [0.2, 0.25) is 0 Å². The van der Waals surface area contributed by atoms with Gasteiger partial charge in [-0.2, -0.15) is 0 Å². The molecule has 2 heterocycles. The first-order valence-electron chi connectivity index (χ1n) is 11.7. The molecule has 0 aromatic heterocycles. The van der Waals surface area contributed by atoms with Crippen LogP contribution in [-0.4, -0.2) is 51.5 Å². The monoisotopic (exact) mass is 508 g/mol. The number of sulfone groups is 1. The Labute approximate surface area is 203 Å². The van der Waals surface area contributed by atoms with Gasteiger partial charge in [-0.15, -0.1) is 0 Å². The minimum absolute atomic E-state index is 0.0866. The van der Waals surface area contributed by atoms with E-state index in [1.165, 1.54) is 0 Å². The fraction of sp³-hybridized carbons (Fsp3) is 0.480. The lowest BCUT2D eigenvalue weighted by atomic mass is 9.99. The number of rotatable bonds is 7. The van der Waals surface area contributed by atoms with Crippen LogP contribution in [0.5, 0.6) is 0 Å². The average Bonchev–Trinajstić information content (AvgIpc) is 2.83. The zero-order valence-electron chi connectivity index (χ0n) is 19.5. The summed E-state index contributed by atoms with van der Waals surface area (Å²) in [4.78, 5) is 12.0. The van der Waals surface area contributed by atoms with Crippen LogP contribution in [0, 0.1) is 11.6 Å². The van der Waals surface area contributed by atoms with Crippen molar-refractivity contribution in [2.75, 3.05) is 19.8 Å². The van der Waals surface area contributed by atoms with Gasteiger partial charge in [0.25, 0.3) is 5.91 Å². The first kappa shape index (κ1) is 25.7. The van der Waals surface area contributed by atoms with Crippen molar-refractivity contribution in [1.29, 1.82) is 0 Å². The fourth-order valence-electron chi connectivity index (χ4n) is 4.78. The predicted octanol–water partition coefficient (Wildman–Crippen LogP) is 2.75. The van der Waals surface area contributed by atoms with Crippen molar-refractivity contribution >= 4 is 15.7 Å². The Morgan fingerprint density at radius 1 is 1.17 bits per heavy atom. The normalized spacial score (nSPS) is 25.7. The van der Waals surface area contributed by atoms with Crippen LogP contribution in [-0.2, 0) is 30.5 Å². The van der Waals surface area contributed by atoms with Crippen LogP contribution >= 0.6 is 0 Å². The number of hydrogen-bond donors (Lipinski definition) is 2. The Balaban J connectivity index is 1.59. The number of carbonyl (C=O) groups is 1. The number of ether oxygens (including phenoxy) is 2. The van der Waals surface area contributed by atoms with E-state index >= 15 is 8.78 Å². The lowest BCUT2D eigenvalue weighted by molar-refractivity contribution is -0.138. The Bertz CT molecular complexity index is 1160. The van der Waals surface area contributed by atoms with Crippen molar-refractivity contribution in [3.63, 3.8) is 0 Å². The third-order valence-electron chi connectivity index (χ3n) is 6.80. The van der Waals surface area contributed by atoms with Gasteiger partial charge >= 0.3 is 0 Å². The number of nitrogens with two attached hydrogens (primary N) is 1. The number of amides is 1. The number of carbonyl (C=O) groups excluding carboxylic acids is 1. The van der Waals surface area contributed by atoms with Gasteiger partial charge in [0, 0.05) is 31.4 Å². The lowest BCUT2D eigenvalue weighted by Gasteiger charge is -2.35. The molecule has 1 unspecified atom stereocenters. The summed E-state index contributed by atoms with van der Waals surface area (Å²) >= 11 is 0. The van der Waals surface area contributed by atoms with Crippen molar-refractivity contribution in [1.82, 2.24) is 5.32 Å². The predicted molar refractivity (Wildman–Crippen MR) is 126 cm³/mol. The third kappa shape index (κ3) is 5.55. The molecule has 2 saturated heterocycles. The van der Waals surface area contributed by atoms with Gasteiger partial charge in [-0.25, -0.2) is 17.2 Å². The maximum atomic E-state index is 15.2. The van der Waals surface area contributed by atoms with E-state index in [2.05, 4.69) is 5.32 Å². The molecule has 3 N–H and O–H groups in total. The van der Waals surface area contributed by atoms with Gasteiger partial charge in [-0.1, -0.05) is 30.3 Å². The smallest absolute Gasteiger partial charge is 0.251 e. The quantitative estimate of drug-likeness (QED) is 0.596. The maximum Gasteiger partial charge on any atom is 0.251 e. The molecule has 0 spiro atoms. The van der Waals surface area contributed by atoms with Crippen LogP contribution in [0.3, 0.4) is 0 Å². The highest BCUT2D eigenvalue weighted by Crippen LogP contribution is 2.34. The highest BCUT2D eigenvalue weighted by atomic mass is 32.2. The van der Waals surface area contributed by atoms with Crippen molar-refractivity contribution in [2.45, 2.75) is 54.9 Å². The molecule has 2 aliphatic heterocycles. The van der Waals surface area contributed by atoms with E-state index in [9.17, 15) is 13.2 Å². The zero-order chi connectivity index (χ0) is 25.2. The summed E-state index contributed by atoms with van der Waals surface area (Å²) in [6, 6.07) is 10.2. The topological polar surface area (TPSA) is 108 Å². The molecule has 35 heavy (non-hydrogen) atoms. The summed E-state index contributed by atoms with van der Waals surface area (Å²) in [5, 5.41) is 1.44. The highest BCUT2D eigenvalue weighted by Gasteiger charge is 2.43. The maximum absolute atomic E-state index is 15.2. The van der Waals surface area contributed by atoms with E-state index in [-0.39, 0.29) is 30.2 Å². The van der Waals surface area contributed by atoms with Crippen LogP contribution in [0.1, 0.15) is 47.8 Å².